The molecule has 1 saturated carbocycles. The maximum Gasteiger partial charge on any atom is 0.126 e. The van der Waals surface area contributed by atoms with E-state index in [0.717, 1.165) is 18.8 Å². The Balaban J connectivity index is 1.95. The second-order valence-corrected chi connectivity index (χ2v) is 5.17. The van der Waals surface area contributed by atoms with Crippen molar-refractivity contribution in [2.24, 2.45) is 5.41 Å². The predicted octanol–water partition coefficient (Wildman–Crippen LogP) is 2.28. The van der Waals surface area contributed by atoms with Crippen molar-refractivity contribution in [3.8, 4) is 0 Å². The molecule has 0 aliphatic heterocycles. The minimum absolute atomic E-state index is 0.152. The monoisotopic (exact) mass is 235 g/mol. The molecule has 4 nitrogen and oxygen atoms in total. The lowest BCUT2D eigenvalue weighted by molar-refractivity contribution is -0.0976. The van der Waals surface area contributed by atoms with Crippen molar-refractivity contribution in [2.75, 3.05) is 17.7 Å². The van der Waals surface area contributed by atoms with E-state index in [1.165, 1.54) is 0 Å². The Kier molecular flexibility index (Phi) is 3.24. The Morgan fingerprint density at radius 1 is 1.53 bits per heavy atom. The van der Waals surface area contributed by atoms with Crippen molar-refractivity contribution in [1.82, 2.24) is 4.98 Å². The van der Waals surface area contributed by atoms with Crippen molar-refractivity contribution in [3.63, 3.8) is 0 Å². The van der Waals surface area contributed by atoms with Crippen molar-refractivity contribution in [1.29, 1.82) is 0 Å². The third-order valence-corrected chi connectivity index (χ3v) is 3.65. The number of rotatable bonds is 4. The summed E-state index contributed by atoms with van der Waals surface area (Å²) in [6, 6.07) is 4.19. The van der Waals surface area contributed by atoms with Crippen LogP contribution in [0, 0.1) is 5.41 Å². The summed E-state index contributed by atoms with van der Waals surface area (Å²) < 4.78 is 5.70. The number of pyridine rings is 1. The number of hydrogen-bond donors (Lipinski definition) is 2. The molecule has 0 saturated heterocycles. The van der Waals surface area contributed by atoms with Crippen molar-refractivity contribution in [2.45, 2.75) is 39.3 Å². The van der Waals surface area contributed by atoms with E-state index in [9.17, 15) is 0 Å². The summed E-state index contributed by atoms with van der Waals surface area (Å²) in [7, 11) is 0. The molecule has 1 aliphatic rings. The quantitative estimate of drug-likeness (QED) is 0.840. The summed E-state index contributed by atoms with van der Waals surface area (Å²) >= 11 is 0. The van der Waals surface area contributed by atoms with Crippen LogP contribution in [0.25, 0.3) is 0 Å². The lowest BCUT2D eigenvalue weighted by atomic mass is 9.64. The van der Waals surface area contributed by atoms with Gasteiger partial charge in [-0.1, -0.05) is 13.8 Å². The van der Waals surface area contributed by atoms with E-state index in [2.05, 4.69) is 24.1 Å². The van der Waals surface area contributed by atoms with Gasteiger partial charge in [0.05, 0.1) is 18.0 Å². The minimum atomic E-state index is 0.152. The molecule has 4 heteroatoms. The van der Waals surface area contributed by atoms with Crippen LogP contribution in [-0.2, 0) is 4.74 Å². The Morgan fingerprint density at radius 2 is 2.29 bits per heavy atom. The number of nitrogens with one attached hydrogen (secondary N) is 1. The van der Waals surface area contributed by atoms with Gasteiger partial charge in [-0.2, -0.15) is 0 Å². The van der Waals surface area contributed by atoms with E-state index in [1.807, 2.05) is 19.1 Å². The number of nitrogens with two attached hydrogens (primary N) is 1. The third-order valence-electron chi connectivity index (χ3n) is 3.65. The van der Waals surface area contributed by atoms with Crippen LogP contribution in [0.1, 0.15) is 27.2 Å². The van der Waals surface area contributed by atoms with Crippen molar-refractivity contribution >= 4 is 11.5 Å². The van der Waals surface area contributed by atoms with E-state index in [0.29, 0.717) is 17.8 Å². The van der Waals surface area contributed by atoms with Crippen molar-refractivity contribution < 1.29 is 4.74 Å². The maximum atomic E-state index is 5.70. The number of hydrogen-bond acceptors (Lipinski definition) is 4. The molecule has 2 atom stereocenters. The summed E-state index contributed by atoms with van der Waals surface area (Å²) in [5, 5.41) is 3.44. The number of ether oxygens (including phenoxy) is 1. The molecular weight excluding hydrogens is 214 g/mol. The van der Waals surface area contributed by atoms with Crippen molar-refractivity contribution in [3.05, 3.63) is 18.3 Å². The number of nitrogens with zero attached hydrogens (tertiary/aromatic N) is 1. The van der Waals surface area contributed by atoms with Crippen LogP contribution in [0.5, 0.6) is 0 Å². The van der Waals surface area contributed by atoms with Gasteiger partial charge in [0.1, 0.15) is 5.82 Å². The molecule has 1 fully saturated rings. The molecule has 1 aromatic rings. The molecule has 0 amide bonds. The zero-order valence-electron chi connectivity index (χ0n) is 10.7. The van der Waals surface area contributed by atoms with Gasteiger partial charge in [0, 0.05) is 18.1 Å². The fraction of sp³-hybridized carbons (Fsp3) is 0.615. The highest BCUT2D eigenvalue weighted by Crippen LogP contribution is 2.44. The van der Waals surface area contributed by atoms with E-state index >= 15 is 0 Å². The molecule has 2 rings (SSSR count). The molecule has 0 bridgehead atoms. The molecule has 0 aromatic carbocycles. The molecule has 1 aliphatic carbocycles. The second kappa shape index (κ2) is 4.53. The Morgan fingerprint density at radius 3 is 2.82 bits per heavy atom. The Bertz CT molecular complexity index is 375. The van der Waals surface area contributed by atoms with E-state index in [-0.39, 0.29) is 5.41 Å². The summed E-state index contributed by atoms with van der Waals surface area (Å²) in [5.41, 5.74) is 6.45. The maximum absolute atomic E-state index is 5.70. The third kappa shape index (κ3) is 2.36. The summed E-state index contributed by atoms with van der Waals surface area (Å²) in [4.78, 5) is 4.26. The van der Waals surface area contributed by atoms with Crippen LogP contribution < -0.4 is 11.1 Å². The van der Waals surface area contributed by atoms with Gasteiger partial charge >= 0.3 is 0 Å². The highest BCUT2D eigenvalue weighted by Gasteiger charge is 2.48. The zero-order chi connectivity index (χ0) is 12.5. The lowest BCUT2D eigenvalue weighted by Crippen LogP contribution is -2.58. The van der Waals surface area contributed by atoms with Gasteiger partial charge < -0.3 is 15.8 Å². The largest absolute Gasteiger partial charge is 0.397 e. The minimum Gasteiger partial charge on any atom is -0.397 e. The lowest BCUT2D eigenvalue weighted by Gasteiger charge is -2.51. The summed E-state index contributed by atoms with van der Waals surface area (Å²) in [5.74, 6) is 0.882. The van der Waals surface area contributed by atoms with Gasteiger partial charge in [-0.15, -0.1) is 0 Å². The topological polar surface area (TPSA) is 60.2 Å². The zero-order valence-corrected chi connectivity index (χ0v) is 10.7. The van der Waals surface area contributed by atoms with Gasteiger partial charge in [0.15, 0.2) is 0 Å². The fourth-order valence-corrected chi connectivity index (χ4v) is 2.28. The van der Waals surface area contributed by atoms with Crippen LogP contribution >= 0.6 is 0 Å². The van der Waals surface area contributed by atoms with E-state index < -0.39 is 0 Å². The summed E-state index contributed by atoms with van der Waals surface area (Å²) in [6.45, 7) is 7.27. The number of aromatic nitrogens is 1. The van der Waals surface area contributed by atoms with Crippen LogP contribution in [0.15, 0.2) is 18.3 Å². The first-order valence-electron chi connectivity index (χ1n) is 6.13. The summed E-state index contributed by atoms with van der Waals surface area (Å²) in [6.07, 6.45) is 3.06. The molecule has 17 heavy (non-hydrogen) atoms. The highest BCUT2D eigenvalue weighted by atomic mass is 16.5. The first-order chi connectivity index (χ1) is 8.04. The first-order valence-corrected chi connectivity index (χ1v) is 6.13. The molecule has 0 spiro atoms. The Hall–Kier alpha value is -1.29. The highest BCUT2D eigenvalue weighted by molar-refractivity contribution is 5.45. The number of anilines is 2. The predicted molar refractivity (Wildman–Crippen MR) is 69.9 cm³/mol. The van der Waals surface area contributed by atoms with Crippen LogP contribution in [0.2, 0.25) is 0 Å². The van der Waals surface area contributed by atoms with E-state index in [4.69, 9.17) is 10.5 Å². The molecule has 0 radical (unpaired) electrons. The SMILES string of the molecule is CCOC1CC(Nc2ccc(N)cn2)C1(C)C. The van der Waals surface area contributed by atoms with E-state index in [1.54, 1.807) is 6.20 Å². The second-order valence-electron chi connectivity index (χ2n) is 5.17. The average Bonchev–Trinajstić information content (AvgIpc) is 2.30. The van der Waals surface area contributed by atoms with Gasteiger partial charge in [-0.25, -0.2) is 4.98 Å². The molecular formula is C13H21N3O. The van der Waals surface area contributed by atoms with Crippen LogP contribution in [0.4, 0.5) is 11.5 Å². The van der Waals surface area contributed by atoms with Gasteiger partial charge in [0.2, 0.25) is 0 Å². The van der Waals surface area contributed by atoms with Crippen LogP contribution in [-0.4, -0.2) is 23.7 Å². The van der Waals surface area contributed by atoms with Gasteiger partial charge in [0.25, 0.3) is 0 Å². The van der Waals surface area contributed by atoms with Crippen LogP contribution in [0.3, 0.4) is 0 Å². The van der Waals surface area contributed by atoms with Gasteiger partial charge in [-0.3, -0.25) is 0 Å². The normalized spacial score (nSPS) is 26.3. The fourth-order valence-electron chi connectivity index (χ4n) is 2.28. The molecule has 1 heterocycles. The average molecular weight is 235 g/mol. The molecule has 1 aromatic heterocycles. The number of nitrogen functional groups attached to an aromatic ring is 1. The smallest absolute Gasteiger partial charge is 0.126 e. The molecule has 3 N–H and O–H groups in total. The molecule has 94 valence electrons. The first kappa shape index (κ1) is 12.2. The Labute approximate surface area is 103 Å². The standard InChI is InChI=1S/C13H21N3O/c1-4-17-11-7-10(13(11,2)3)16-12-6-5-9(14)8-15-12/h5-6,8,10-11H,4,7,14H2,1-3H3,(H,15,16). The molecule has 2 unspecified atom stereocenters. The van der Waals surface area contributed by atoms with Gasteiger partial charge in [-0.05, 0) is 25.5 Å².